The maximum Gasteiger partial charge on any atom is 0.246 e. The number of carbonyl (C=O) groups excluding carboxylic acids is 2. The SMILES string of the molecule is O=C1C(Cc2ccc(OCCCS)cc2)N(CCCS)C(=O)C(Cc2ccc(OCCCS)cc2)N1CCCS. The van der Waals surface area contributed by atoms with Crippen LogP contribution in [0.1, 0.15) is 36.8 Å². The van der Waals surface area contributed by atoms with Crippen molar-refractivity contribution in [2.75, 3.05) is 49.3 Å². The van der Waals surface area contributed by atoms with E-state index in [0.717, 1.165) is 59.8 Å². The van der Waals surface area contributed by atoms with Gasteiger partial charge in [-0.3, -0.25) is 9.59 Å². The molecule has 1 fully saturated rings. The Labute approximate surface area is 261 Å². The second-order valence-corrected chi connectivity index (χ2v) is 11.6. The Kier molecular flexibility index (Phi) is 14.8. The zero-order chi connectivity index (χ0) is 28.7. The van der Waals surface area contributed by atoms with Crippen LogP contribution in [0.25, 0.3) is 0 Å². The Balaban J connectivity index is 1.80. The first-order chi connectivity index (χ1) is 19.5. The lowest BCUT2D eigenvalue weighted by molar-refractivity contribution is -0.161. The average Bonchev–Trinajstić information content (AvgIpc) is 2.97. The van der Waals surface area contributed by atoms with E-state index in [0.29, 0.717) is 50.7 Å². The second kappa shape index (κ2) is 18.0. The number of hydrogen-bond acceptors (Lipinski definition) is 8. The van der Waals surface area contributed by atoms with Gasteiger partial charge in [0.05, 0.1) is 13.2 Å². The van der Waals surface area contributed by atoms with Crippen LogP contribution < -0.4 is 9.47 Å². The Morgan fingerprint density at radius 3 is 1.23 bits per heavy atom. The van der Waals surface area contributed by atoms with Crippen molar-refractivity contribution in [2.24, 2.45) is 0 Å². The van der Waals surface area contributed by atoms with Gasteiger partial charge in [0.25, 0.3) is 0 Å². The molecule has 6 nitrogen and oxygen atoms in total. The van der Waals surface area contributed by atoms with E-state index in [9.17, 15) is 9.59 Å². The molecule has 2 aromatic carbocycles. The van der Waals surface area contributed by atoms with Gasteiger partial charge < -0.3 is 19.3 Å². The van der Waals surface area contributed by atoms with Crippen LogP contribution in [0.15, 0.2) is 48.5 Å². The fraction of sp³-hybridized carbons (Fsp3) is 0.533. The quantitative estimate of drug-likeness (QED) is 0.141. The Bertz CT molecular complexity index is 956. The molecule has 2 unspecified atom stereocenters. The van der Waals surface area contributed by atoms with E-state index < -0.39 is 12.1 Å². The highest BCUT2D eigenvalue weighted by molar-refractivity contribution is 7.80. The third-order valence-corrected chi connectivity index (χ3v) is 8.12. The molecule has 0 radical (unpaired) electrons. The summed E-state index contributed by atoms with van der Waals surface area (Å²) in [6, 6.07) is 14.5. The van der Waals surface area contributed by atoms with Crippen molar-refractivity contribution in [2.45, 2.75) is 50.6 Å². The number of carbonyl (C=O) groups is 2. The molecule has 0 spiro atoms. The van der Waals surface area contributed by atoms with E-state index in [1.54, 1.807) is 9.80 Å². The van der Waals surface area contributed by atoms with Crippen LogP contribution in [0.5, 0.6) is 11.5 Å². The van der Waals surface area contributed by atoms with Gasteiger partial charge in [-0.1, -0.05) is 24.3 Å². The normalized spacial score (nSPS) is 17.4. The maximum atomic E-state index is 14.0. The molecule has 0 bridgehead atoms. The van der Waals surface area contributed by atoms with Gasteiger partial charge in [0.1, 0.15) is 23.6 Å². The minimum Gasteiger partial charge on any atom is -0.494 e. The summed E-state index contributed by atoms with van der Waals surface area (Å²) in [5.74, 6) is 4.41. The molecular weight excluding hydrogens is 581 g/mol. The zero-order valence-electron chi connectivity index (χ0n) is 23.0. The molecule has 0 N–H and O–H groups in total. The lowest BCUT2D eigenvalue weighted by Crippen LogP contribution is -2.66. The van der Waals surface area contributed by atoms with Gasteiger partial charge in [-0.2, -0.15) is 50.5 Å². The van der Waals surface area contributed by atoms with Gasteiger partial charge in [-0.15, -0.1) is 0 Å². The molecule has 0 aliphatic carbocycles. The van der Waals surface area contributed by atoms with Crippen molar-refractivity contribution in [3.05, 3.63) is 59.7 Å². The van der Waals surface area contributed by atoms with Gasteiger partial charge >= 0.3 is 0 Å². The van der Waals surface area contributed by atoms with Crippen LogP contribution in [-0.2, 0) is 22.4 Å². The number of hydrogen-bond donors (Lipinski definition) is 4. The van der Waals surface area contributed by atoms with E-state index in [4.69, 9.17) is 9.47 Å². The molecule has 1 aliphatic heterocycles. The van der Waals surface area contributed by atoms with Gasteiger partial charge in [-0.05, 0) is 84.1 Å². The molecule has 2 aromatic rings. The van der Waals surface area contributed by atoms with Gasteiger partial charge in [0, 0.05) is 25.9 Å². The summed E-state index contributed by atoms with van der Waals surface area (Å²) in [7, 11) is 0. The molecule has 2 atom stereocenters. The number of amides is 2. The van der Waals surface area contributed by atoms with Crippen molar-refractivity contribution in [3.8, 4) is 11.5 Å². The first kappa shape index (κ1) is 32.9. The van der Waals surface area contributed by atoms with Crippen molar-refractivity contribution in [1.82, 2.24) is 9.80 Å². The number of nitrogens with zero attached hydrogens (tertiary/aromatic N) is 2. The molecule has 220 valence electrons. The van der Waals surface area contributed by atoms with Crippen LogP contribution in [0.4, 0.5) is 0 Å². The van der Waals surface area contributed by atoms with Gasteiger partial charge in [0.15, 0.2) is 0 Å². The van der Waals surface area contributed by atoms with Crippen LogP contribution >= 0.6 is 50.5 Å². The number of ether oxygens (including phenoxy) is 2. The van der Waals surface area contributed by atoms with Crippen LogP contribution in [-0.4, -0.2) is 83.0 Å². The molecule has 0 aromatic heterocycles. The monoisotopic (exact) mass is 622 g/mol. The van der Waals surface area contributed by atoms with E-state index in [1.807, 2.05) is 48.5 Å². The maximum absolute atomic E-state index is 14.0. The summed E-state index contributed by atoms with van der Waals surface area (Å²) in [5, 5.41) is 0. The van der Waals surface area contributed by atoms with Gasteiger partial charge in [0.2, 0.25) is 11.8 Å². The summed E-state index contributed by atoms with van der Waals surface area (Å²) < 4.78 is 11.5. The molecule has 40 heavy (non-hydrogen) atoms. The number of thiol groups is 4. The highest BCUT2D eigenvalue weighted by atomic mass is 32.1. The smallest absolute Gasteiger partial charge is 0.246 e. The fourth-order valence-electron chi connectivity index (χ4n) is 4.76. The van der Waals surface area contributed by atoms with Gasteiger partial charge in [-0.25, -0.2) is 0 Å². The Morgan fingerprint density at radius 1 is 0.550 bits per heavy atom. The zero-order valence-corrected chi connectivity index (χ0v) is 26.6. The number of rotatable bonds is 18. The molecule has 1 saturated heterocycles. The van der Waals surface area contributed by atoms with Crippen molar-refractivity contribution < 1.29 is 19.1 Å². The largest absolute Gasteiger partial charge is 0.494 e. The van der Waals surface area contributed by atoms with Crippen molar-refractivity contribution >= 4 is 62.3 Å². The molecule has 10 heteroatoms. The first-order valence-electron chi connectivity index (χ1n) is 14.0. The number of benzene rings is 2. The summed E-state index contributed by atoms with van der Waals surface area (Å²) in [4.78, 5) is 31.6. The summed E-state index contributed by atoms with van der Waals surface area (Å²) in [6.45, 7) is 2.23. The highest BCUT2D eigenvalue weighted by Gasteiger charge is 2.45. The predicted octanol–water partition coefficient (Wildman–Crippen LogP) is 4.92. The Morgan fingerprint density at radius 2 is 0.900 bits per heavy atom. The lowest BCUT2D eigenvalue weighted by atomic mass is 9.94. The fourth-order valence-corrected chi connectivity index (χ4v) is 5.31. The van der Waals surface area contributed by atoms with Crippen molar-refractivity contribution in [1.29, 1.82) is 0 Å². The summed E-state index contributed by atoms with van der Waals surface area (Å²) in [5.41, 5.74) is 1.98. The Hall–Kier alpha value is -1.62. The minimum atomic E-state index is -0.554. The third-order valence-electron chi connectivity index (χ3n) is 6.85. The first-order valence-corrected chi connectivity index (χ1v) is 16.5. The van der Waals surface area contributed by atoms with Crippen molar-refractivity contribution in [3.63, 3.8) is 0 Å². The molecular formula is C30H42N2O4S4. The molecule has 2 amide bonds. The molecule has 1 aliphatic rings. The summed E-state index contributed by atoms with van der Waals surface area (Å²) >= 11 is 17.2. The topological polar surface area (TPSA) is 59.1 Å². The van der Waals surface area contributed by atoms with Crippen LogP contribution in [0, 0.1) is 0 Å². The number of piperazine rings is 1. The molecule has 0 saturated carbocycles. The average molecular weight is 623 g/mol. The van der Waals surface area contributed by atoms with E-state index >= 15 is 0 Å². The minimum absolute atomic E-state index is 0.00800. The van der Waals surface area contributed by atoms with Crippen LogP contribution in [0.2, 0.25) is 0 Å². The van der Waals surface area contributed by atoms with E-state index in [2.05, 4.69) is 50.5 Å². The molecule has 1 heterocycles. The van der Waals surface area contributed by atoms with E-state index in [-0.39, 0.29) is 11.8 Å². The molecule has 3 rings (SSSR count). The van der Waals surface area contributed by atoms with Crippen LogP contribution in [0.3, 0.4) is 0 Å². The lowest BCUT2D eigenvalue weighted by Gasteiger charge is -2.45. The second-order valence-electron chi connectivity index (χ2n) is 9.80. The third kappa shape index (κ3) is 9.74. The predicted molar refractivity (Wildman–Crippen MR) is 176 cm³/mol. The highest BCUT2D eigenvalue weighted by Crippen LogP contribution is 2.26. The summed E-state index contributed by atoms with van der Waals surface area (Å²) in [6.07, 6.45) is 4.10. The van der Waals surface area contributed by atoms with E-state index in [1.165, 1.54) is 0 Å². The standard InChI is InChI=1S/C30H42N2O4S4/c33-29-28(22-24-7-11-26(12-8-24)36-16-4-20-40)32(14-2-18-38)30(34)27(31(29)13-1-17-37)21-23-5-9-25(10-6-23)35-15-3-19-39/h5-12,27-28,37-40H,1-4,13-22H2.